The highest BCUT2D eigenvalue weighted by atomic mass is 35.5. The van der Waals surface area contributed by atoms with Gasteiger partial charge in [-0.2, -0.15) is 0 Å². The summed E-state index contributed by atoms with van der Waals surface area (Å²) in [6.07, 6.45) is 3.55. The van der Waals surface area contributed by atoms with Gasteiger partial charge in [0, 0.05) is 15.7 Å². The van der Waals surface area contributed by atoms with Crippen LogP contribution >= 0.6 is 23.4 Å². The van der Waals surface area contributed by atoms with Crippen LogP contribution < -0.4 is 0 Å². The summed E-state index contributed by atoms with van der Waals surface area (Å²) in [4.78, 5) is 1.13. The Bertz CT molecular complexity index is 575. The van der Waals surface area contributed by atoms with Gasteiger partial charge in [-0.25, -0.2) is 0 Å². The highest BCUT2D eigenvalue weighted by Gasteiger charge is 2.19. The minimum Gasteiger partial charge on any atom is -0.388 e. The van der Waals surface area contributed by atoms with E-state index in [9.17, 15) is 5.11 Å². The predicted octanol–water partition coefficient (Wildman–Crippen LogP) is 5.43. The molecule has 110 valence electrons. The number of rotatable bonds is 5. The first-order valence-corrected chi connectivity index (χ1v) is 8.75. The Kier molecular flexibility index (Phi) is 4.89. The fourth-order valence-corrected chi connectivity index (χ4v) is 3.53. The van der Waals surface area contributed by atoms with Crippen molar-refractivity contribution in [1.82, 2.24) is 0 Å². The van der Waals surface area contributed by atoms with Crippen molar-refractivity contribution in [3.63, 3.8) is 0 Å². The summed E-state index contributed by atoms with van der Waals surface area (Å²) in [7, 11) is 0. The molecule has 21 heavy (non-hydrogen) atoms. The van der Waals surface area contributed by atoms with Crippen molar-refractivity contribution >= 4 is 23.4 Å². The lowest BCUT2D eigenvalue weighted by atomic mass is 9.80. The second-order valence-electron chi connectivity index (χ2n) is 5.58. The Morgan fingerprint density at radius 1 is 1.05 bits per heavy atom. The summed E-state index contributed by atoms with van der Waals surface area (Å²) in [6, 6.07) is 16.2. The molecule has 1 unspecified atom stereocenters. The molecule has 3 heteroatoms. The first-order valence-electron chi connectivity index (χ1n) is 7.38. The lowest BCUT2D eigenvalue weighted by molar-refractivity contribution is 0.204. The van der Waals surface area contributed by atoms with Crippen LogP contribution in [0.4, 0.5) is 0 Å². The van der Waals surface area contributed by atoms with Crippen LogP contribution in [0.5, 0.6) is 0 Å². The largest absolute Gasteiger partial charge is 0.388 e. The lowest BCUT2D eigenvalue weighted by Gasteiger charge is -2.26. The van der Waals surface area contributed by atoms with Crippen LogP contribution in [0.15, 0.2) is 53.4 Å². The number of halogens is 1. The minimum absolute atomic E-state index is 0.430. The second kappa shape index (κ2) is 6.87. The fourth-order valence-electron chi connectivity index (χ4n) is 2.53. The number of aliphatic hydroxyl groups excluding tert-OH is 1. The van der Waals surface area contributed by atoms with Gasteiger partial charge >= 0.3 is 0 Å². The molecule has 3 rings (SSSR count). The maximum absolute atomic E-state index is 10.3. The van der Waals surface area contributed by atoms with Gasteiger partial charge in [-0.15, -0.1) is 11.8 Å². The Morgan fingerprint density at radius 3 is 2.29 bits per heavy atom. The van der Waals surface area contributed by atoms with E-state index in [-0.39, 0.29) is 0 Å². The van der Waals surface area contributed by atoms with Gasteiger partial charge in [0.25, 0.3) is 0 Å². The van der Waals surface area contributed by atoms with Crippen molar-refractivity contribution in [3.05, 3.63) is 64.7 Å². The Hall–Kier alpha value is -0.960. The molecule has 1 saturated carbocycles. The third-order valence-electron chi connectivity index (χ3n) is 4.12. The van der Waals surface area contributed by atoms with E-state index < -0.39 is 6.10 Å². The topological polar surface area (TPSA) is 20.2 Å². The maximum Gasteiger partial charge on any atom is 0.0883 e. The van der Waals surface area contributed by atoms with E-state index in [0.29, 0.717) is 5.75 Å². The average molecular weight is 319 g/mol. The third kappa shape index (κ3) is 3.82. The van der Waals surface area contributed by atoms with Crippen LogP contribution in [0.1, 0.15) is 42.4 Å². The van der Waals surface area contributed by atoms with Crippen LogP contribution in [0, 0.1) is 0 Å². The molecule has 0 amide bonds. The van der Waals surface area contributed by atoms with Crippen LogP contribution in [-0.4, -0.2) is 10.9 Å². The van der Waals surface area contributed by atoms with Gasteiger partial charge in [0.05, 0.1) is 6.10 Å². The summed E-state index contributed by atoms with van der Waals surface area (Å²) < 4.78 is 0. The fraction of sp³-hybridized carbons (Fsp3) is 0.333. The normalized spacial score (nSPS) is 16.5. The van der Waals surface area contributed by atoms with Crippen molar-refractivity contribution in [3.8, 4) is 0 Å². The van der Waals surface area contributed by atoms with E-state index in [1.807, 2.05) is 24.3 Å². The zero-order valence-electron chi connectivity index (χ0n) is 11.8. The van der Waals surface area contributed by atoms with E-state index in [2.05, 4.69) is 24.3 Å². The van der Waals surface area contributed by atoms with Crippen LogP contribution in [0.3, 0.4) is 0 Å². The zero-order valence-corrected chi connectivity index (χ0v) is 13.4. The minimum atomic E-state index is -0.430. The number of hydrogen-bond acceptors (Lipinski definition) is 2. The summed E-state index contributed by atoms with van der Waals surface area (Å²) in [5.74, 6) is 1.41. The van der Waals surface area contributed by atoms with Gasteiger partial charge in [0.15, 0.2) is 0 Å². The molecule has 0 radical (unpaired) electrons. The second-order valence-corrected chi connectivity index (χ2v) is 7.11. The summed E-state index contributed by atoms with van der Waals surface area (Å²) in [5.41, 5.74) is 2.42. The first-order chi connectivity index (χ1) is 10.2. The molecule has 1 atom stereocenters. The molecule has 0 aromatic heterocycles. The highest BCUT2D eigenvalue weighted by Crippen LogP contribution is 2.36. The highest BCUT2D eigenvalue weighted by molar-refractivity contribution is 7.99. The molecule has 2 aromatic rings. The molecule has 0 spiro atoms. The van der Waals surface area contributed by atoms with Crippen LogP contribution in [-0.2, 0) is 0 Å². The molecule has 2 aromatic carbocycles. The lowest BCUT2D eigenvalue weighted by Crippen LogP contribution is -2.09. The predicted molar refractivity (Wildman–Crippen MR) is 90.2 cm³/mol. The average Bonchev–Trinajstić information content (AvgIpc) is 2.45. The van der Waals surface area contributed by atoms with Crippen molar-refractivity contribution in [1.29, 1.82) is 0 Å². The molecule has 0 aliphatic heterocycles. The standard InChI is InChI=1S/C18H19ClOS/c19-16-8-10-17(11-9-16)21-12-18(20)15-6-4-14(5-7-15)13-2-1-3-13/h4-11,13,18,20H,1-3,12H2. The number of benzene rings is 2. The van der Waals surface area contributed by atoms with E-state index in [4.69, 9.17) is 11.6 Å². The van der Waals surface area contributed by atoms with Gasteiger partial charge in [-0.1, -0.05) is 42.3 Å². The molecule has 0 bridgehead atoms. The van der Waals surface area contributed by atoms with Crippen LogP contribution in [0.2, 0.25) is 5.02 Å². The molecule has 1 nitrogen and oxygen atoms in total. The summed E-state index contributed by atoms with van der Waals surface area (Å²) >= 11 is 7.52. The zero-order chi connectivity index (χ0) is 14.7. The van der Waals surface area contributed by atoms with Crippen molar-refractivity contribution in [2.24, 2.45) is 0 Å². The molecule has 1 fully saturated rings. The third-order valence-corrected chi connectivity index (χ3v) is 5.46. The van der Waals surface area contributed by atoms with Crippen molar-refractivity contribution in [2.45, 2.75) is 36.2 Å². The first kappa shape index (κ1) is 15.0. The van der Waals surface area contributed by atoms with Gasteiger partial charge in [0.2, 0.25) is 0 Å². The van der Waals surface area contributed by atoms with Crippen molar-refractivity contribution in [2.75, 3.05) is 5.75 Å². The van der Waals surface area contributed by atoms with Crippen LogP contribution in [0.25, 0.3) is 0 Å². The van der Waals surface area contributed by atoms with E-state index >= 15 is 0 Å². The van der Waals surface area contributed by atoms with E-state index in [0.717, 1.165) is 21.4 Å². The molecule has 1 aliphatic carbocycles. The van der Waals surface area contributed by atoms with Crippen molar-refractivity contribution < 1.29 is 5.11 Å². The summed E-state index contributed by atoms with van der Waals surface area (Å²) in [5, 5.41) is 11.0. The van der Waals surface area contributed by atoms with Gasteiger partial charge in [-0.3, -0.25) is 0 Å². The Morgan fingerprint density at radius 2 is 1.71 bits per heavy atom. The number of thioether (sulfide) groups is 1. The van der Waals surface area contributed by atoms with Gasteiger partial charge in [-0.05, 0) is 54.2 Å². The number of aliphatic hydroxyl groups is 1. The van der Waals surface area contributed by atoms with Gasteiger partial charge < -0.3 is 5.11 Å². The van der Waals surface area contributed by atoms with Gasteiger partial charge in [0.1, 0.15) is 0 Å². The number of hydrogen-bond donors (Lipinski definition) is 1. The molecule has 1 aliphatic rings. The Balaban J connectivity index is 1.56. The monoisotopic (exact) mass is 318 g/mol. The quantitative estimate of drug-likeness (QED) is 0.741. The molecule has 0 saturated heterocycles. The molecular formula is C18H19ClOS. The maximum atomic E-state index is 10.3. The smallest absolute Gasteiger partial charge is 0.0883 e. The Labute approximate surface area is 135 Å². The summed E-state index contributed by atoms with van der Waals surface area (Å²) in [6.45, 7) is 0. The molecule has 1 N–H and O–H groups in total. The molecular weight excluding hydrogens is 300 g/mol. The SMILES string of the molecule is OC(CSc1ccc(Cl)cc1)c1ccc(C2CCC2)cc1. The van der Waals surface area contributed by atoms with E-state index in [1.165, 1.54) is 24.8 Å². The van der Waals surface area contributed by atoms with E-state index in [1.54, 1.807) is 11.8 Å². The molecule has 0 heterocycles.